The predicted molar refractivity (Wildman–Crippen MR) is 85.3 cm³/mol. The van der Waals surface area contributed by atoms with Crippen molar-refractivity contribution in [1.82, 2.24) is 0 Å². The van der Waals surface area contributed by atoms with Gasteiger partial charge in [-0.25, -0.2) is 0 Å². The molecule has 1 N–H and O–H groups in total. The van der Waals surface area contributed by atoms with Crippen molar-refractivity contribution >= 4 is 23.2 Å². The second-order valence-corrected chi connectivity index (χ2v) is 7.55. The monoisotopic (exact) mass is 369 g/mol. The van der Waals surface area contributed by atoms with Crippen LogP contribution >= 0.6 is 0 Å². The molecule has 1 amide bonds. The minimum absolute atomic E-state index is 0.218. The molecule has 0 unspecified atom stereocenters. The van der Waals surface area contributed by atoms with Gasteiger partial charge in [-0.05, 0) is 42.5 Å². The van der Waals surface area contributed by atoms with Gasteiger partial charge in [-0.1, -0.05) is 20.8 Å². The molecule has 1 aromatic rings. The number of rotatable bonds is 3. The number of ketones is 2. The van der Waals surface area contributed by atoms with E-state index in [-0.39, 0.29) is 12.1 Å². The molecular formula is C18H18F3NO4. The molecule has 0 heterocycles. The average molecular weight is 369 g/mol. The third-order valence-electron chi connectivity index (χ3n) is 6.27. The Bertz CT molecular complexity index is 800. The number of benzene rings is 1. The van der Waals surface area contributed by atoms with Gasteiger partial charge in [0.2, 0.25) is 17.5 Å². The maximum absolute atomic E-state index is 12.9. The second-order valence-electron chi connectivity index (χ2n) is 7.55. The average Bonchev–Trinajstić information content (AvgIpc) is 2.80. The van der Waals surface area contributed by atoms with Gasteiger partial charge in [-0.3, -0.25) is 14.4 Å². The molecule has 2 bridgehead atoms. The molecule has 5 nitrogen and oxygen atoms in total. The normalized spacial score (nSPS) is 29.8. The molecule has 2 aliphatic carbocycles. The summed E-state index contributed by atoms with van der Waals surface area (Å²) in [6.45, 7) is 5.18. The molecule has 0 radical (unpaired) electrons. The summed E-state index contributed by atoms with van der Waals surface area (Å²) in [6.07, 6.45) is -4.10. The SMILES string of the molecule is CC1(C)[C@@]2(C(=O)Nc3ccc(OC(F)(F)F)cc3)CC[C@@]1(C)C(=O)C2=O. The summed E-state index contributed by atoms with van der Waals surface area (Å²) < 4.78 is 40.4. The molecule has 0 spiro atoms. The van der Waals surface area contributed by atoms with E-state index in [1.165, 1.54) is 12.1 Å². The number of anilines is 1. The largest absolute Gasteiger partial charge is 0.573 e. The van der Waals surface area contributed by atoms with E-state index in [1.807, 2.05) is 0 Å². The number of hydrogen-bond donors (Lipinski definition) is 1. The number of amides is 1. The Hall–Kier alpha value is -2.38. The van der Waals surface area contributed by atoms with Crippen LogP contribution in [0.1, 0.15) is 33.6 Å². The zero-order valence-corrected chi connectivity index (χ0v) is 14.5. The van der Waals surface area contributed by atoms with E-state index in [2.05, 4.69) is 10.1 Å². The first-order valence-electron chi connectivity index (χ1n) is 8.12. The molecule has 8 heteroatoms. The summed E-state index contributed by atoms with van der Waals surface area (Å²) in [4.78, 5) is 37.9. The standard InChI is InChI=1S/C18H18F3NO4/c1-15(2)16(3)8-9-17(15,13(24)12(16)23)14(25)22-10-4-6-11(7-5-10)26-18(19,20)21/h4-7H,8-9H2,1-3H3,(H,22,25)/t16-,17-/m0/s1. The van der Waals surface area contributed by atoms with Crippen molar-refractivity contribution in [3.05, 3.63) is 24.3 Å². The summed E-state index contributed by atoms with van der Waals surface area (Å²) >= 11 is 0. The fourth-order valence-electron chi connectivity index (χ4n) is 4.25. The minimum atomic E-state index is -4.81. The van der Waals surface area contributed by atoms with Crippen LogP contribution in [0.25, 0.3) is 0 Å². The molecule has 0 saturated heterocycles. The van der Waals surface area contributed by atoms with Crippen LogP contribution < -0.4 is 10.1 Å². The highest BCUT2D eigenvalue weighted by Gasteiger charge is 2.77. The molecule has 1 aromatic carbocycles. The van der Waals surface area contributed by atoms with Gasteiger partial charge in [-0.15, -0.1) is 13.2 Å². The van der Waals surface area contributed by atoms with Crippen LogP contribution in [0.3, 0.4) is 0 Å². The Balaban J connectivity index is 1.85. The molecule has 0 aromatic heterocycles. The van der Waals surface area contributed by atoms with Crippen LogP contribution in [-0.2, 0) is 14.4 Å². The zero-order chi connectivity index (χ0) is 19.5. The molecule has 26 heavy (non-hydrogen) atoms. The lowest BCUT2D eigenvalue weighted by Crippen LogP contribution is -2.47. The molecule has 2 saturated carbocycles. The Labute approximate surface area is 147 Å². The van der Waals surface area contributed by atoms with Gasteiger partial charge >= 0.3 is 6.36 Å². The smallest absolute Gasteiger partial charge is 0.406 e. The highest BCUT2D eigenvalue weighted by molar-refractivity contribution is 6.49. The van der Waals surface area contributed by atoms with Crippen molar-refractivity contribution in [3.63, 3.8) is 0 Å². The first kappa shape index (κ1) is 18.4. The first-order valence-corrected chi connectivity index (χ1v) is 8.12. The lowest BCUT2D eigenvalue weighted by molar-refractivity contribution is -0.274. The van der Waals surface area contributed by atoms with E-state index in [4.69, 9.17) is 0 Å². The van der Waals surface area contributed by atoms with Crippen molar-refractivity contribution < 1.29 is 32.3 Å². The molecule has 140 valence electrons. The van der Waals surface area contributed by atoms with E-state index in [9.17, 15) is 27.6 Å². The third-order valence-corrected chi connectivity index (χ3v) is 6.27. The summed E-state index contributed by atoms with van der Waals surface area (Å²) in [5, 5.41) is 2.57. The Morgan fingerprint density at radius 2 is 1.62 bits per heavy atom. The maximum atomic E-state index is 12.9. The Morgan fingerprint density at radius 3 is 2.08 bits per heavy atom. The molecule has 2 atom stereocenters. The van der Waals surface area contributed by atoms with Gasteiger partial charge in [0.15, 0.2) is 0 Å². The van der Waals surface area contributed by atoms with Gasteiger partial charge in [0.25, 0.3) is 0 Å². The van der Waals surface area contributed by atoms with E-state index >= 15 is 0 Å². The minimum Gasteiger partial charge on any atom is -0.406 e. The van der Waals surface area contributed by atoms with Crippen molar-refractivity contribution in [2.45, 2.75) is 40.0 Å². The second kappa shape index (κ2) is 5.31. The summed E-state index contributed by atoms with van der Waals surface area (Å²) in [7, 11) is 0. The topological polar surface area (TPSA) is 72.5 Å². The number of Topliss-reactive ketones (excluding diaryl/α,β-unsaturated/α-hetero) is 2. The zero-order valence-electron chi connectivity index (χ0n) is 14.5. The van der Waals surface area contributed by atoms with E-state index in [0.29, 0.717) is 6.42 Å². The summed E-state index contributed by atoms with van der Waals surface area (Å²) in [5.41, 5.74) is -2.97. The Kier molecular flexibility index (Phi) is 3.76. The quantitative estimate of drug-likeness (QED) is 0.654. The van der Waals surface area contributed by atoms with Crippen LogP contribution in [0.4, 0.5) is 18.9 Å². The number of carbonyl (C=O) groups is 3. The number of hydrogen-bond acceptors (Lipinski definition) is 4. The van der Waals surface area contributed by atoms with Crippen molar-refractivity contribution in [3.8, 4) is 5.75 Å². The van der Waals surface area contributed by atoms with E-state index < -0.39 is 45.8 Å². The van der Waals surface area contributed by atoms with Crippen LogP contribution in [-0.4, -0.2) is 23.8 Å². The molecule has 3 rings (SSSR count). The number of carbonyl (C=O) groups excluding carboxylic acids is 3. The lowest BCUT2D eigenvalue weighted by atomic mass is 9.64. The molecular weight excluding hydrogens is 351 g/mol. The number of fused-ring (bicyclic) bond motifs is 2. The molecule has 2 fully saturated rings. The van der Waals surface area contributed by atoms with Crippen molar-refractivity contribution in [1.29, 1.82) is 0 Å². The highest BCUT2D eigenvalue weighted by atomic mass is 19.4. The summed E-state index contributed by atoms with van der Waals surface area (Å²) in [5.74, 6) is -2.25. The van der Waals surface area contributed by atoms with Gasteiger partial charge in [0.1, 0.15) is 11.2 Å². The lowest BCUT2D eigenvalue weighted by Gasteiger charge is -2.37. The number of alkyl halides is 3. The molecule has 0 aliphatic heterocycles. The van der Waals surface area contributed by atoms with E-state index in [0.717, 1.165) is 12.1 Å². The predicted octanol–water partition coefficient (Wildman–Crippen LogP) is 3.49. The van der Waals surface area contributed by atoms with Crippen LogP contribution in [0.5, 0.6) is 5.75 Å². The number of nitrogens with one attached hydrogen (secondary N) is 1. The van der Waals surface area contributed by atoms with Gasteiger partial charge in [0, 0.05) is 11.1 Å². The van der Waals surface area contributed by atoms with Crippen molar-refractivity contribution in [2.24, 2.45) is 16.2 Å². The van der Waals surface area contributed by atoms with Crippen molar-refractivity contribution in [2.75, 3.05) is 5.32 Å². The Morgan fingerprint density at radius 1 is 1.04 bits per heavy atom. The van der Waals surface area contributed by atoms with Gasteiger partial charge in [0.05, 0.1) is 0 Å². The number of halogens is 3. The number of ether oxygens (including phenoxy) is 1. The summed E-state index contributed by atoms with van der Waals surface area (Å²) in [6, 6.07) is 4.62. The van der Waals surface area contributed by atoms with Gasteiger partial charge < -0.3 is 10.1 Å². The van der Waals surface area contributed by atoms with Crippen LogP contribution in [0.2, 0.25) is 0 Å². The fraction of sp³-hybridized carbons (Fsp3) is 0.500. The third kappa shape index (κ3) is 2.27. The fourth-order valence-corrected chi connectivity index (χ4v) is 4.25. The first-order chi connectivity index (χ1) is 11.8. The van der Waals surface area contributed by atoms with E-state index in [1.54, 1.807) is 20.8 Å². The van der Waals surface area contributed by atoms with Gasteiger partial charge in [-0.2, -0.15) is 0 Å². The highest BCUT2D eigenvalue weighted by Crippen LogP contribution is 2.69. The van der Waals surface area contributed by atoms with Crippen LogP contribution in [0.15, 0.2) is 24.3 Å². The molecule has 2 aliphatic rings. The van der Waals surface area contributed by atoms with Crippen LogP contribution in [0, 0.1) is 16.2 Å². The maximum Gasteiger partial charge on any atom is 0.573 e.